The van der Waals surface area contributed by atoms with Crippen LogP contribution in [0.1, 0.15) is 33.0 Å². The number of anilines is 1. The number of fused-ring (bicyclic) bond motifs is 1. The Morgan fingerprint density at radius 2 is 2.19 bits per heavy atom. The van der Waals surface area contributed by atoms with Crippen molar-refractivity contribution in [3.05, 3.63) is 52.6 Å². The molecule has 5 heteroatoms. The fourth-order valence-corrected chi connectivity index (χ4v) is 2.39. The topological polar surface area (TPSA) is 66.9 Å². The van der Waals surface area contributed by atoms with Gasteiger partial charge in [0, 0.05) is 37.0 Å². The number of hydrogen-bond acceptors (Lipinski definition) is 4. The molecule has 0 aliphatic carbocycles. The number of nitrogens with one attached hydrogen (secondary N) is 2. The molecule has 3 rings (SSSR count). The summed E-state index contributed by atoms with van der Waals surface area (Å²) in [7, 11) is 0. The van der Waals surface area contributed by atoms with Gasteiger partial charge in [0.2, 0.25) is 5.82 Å². The van der Waals surface area contributed by atoms with Crippen LogP contribution in [0.3, 0.4) is 0 Å². The third kappa shape index (κ3) is 2.92. The van der Waals surface area contributed by atoms with Crippen LogP contribution in [0.25, 0.3) is 0 Å². The molecule has 0 bridgehead atoms. The van der Waals surface area contributed by atoms with E-state index in [4.69, 9.17) is 0 Å². The summed E-state index contributed by atoms with van der Waals surface area (Å²) in [5.41, 5.74) is 4.98. The molecule has 21 heavy (non-hydrogen) atoms. The maximum atomic E-state index is 12.3. The number of carbonyl (C=O) groups is 1. The van der Waals surface area contributed by atoms with E-state index >= 15 is 0 Å². The highest BCUT2D eigenvalue weighted by Crippen LogP contribution is 2.17. The van der Waals surface area contributed by atoms with E-state index in [1.165, 1.54) is 0 Å². The summed E-state index contributed by atoms with van der Waals surface area (Å²) >= 11 is 0. The van der Waals surface area contributed by atoms with E-state index in [9.17, 15) is 4.79 Å². The number of carbonyl (C=O) groups excluding carboxylic acids is 1. The molecule has 1 aromatic heterocycles. The minimum Gasteiger partial charge on any atom is -0.319 e. The number of aryl methyl sites for hydroxylation is 2. The first-order valence-corrected chi connectivity index (χ1v) is 7.07. The summed E-state index contributed by atoms with van der Waals surface area (Å²) in [6, 6.07) is 5.97. The third-order valence-corrected chi connectivity index (χ3v) is 3.65. The Morgan fingerprint density at radius 1 is 1.33 bits per heavy atom. The number of hydrogen-bond donors (Lipinski definition) is 2. The normalized spacial score (nSPS) is 13.6. The maximum Gasteiger partial charge on any atom is 0.293 e. The van der Waals surface area contributed by atoms with E-state index in [0.717, 1.165) is 47.6 Å². The molecular weight excluding hydrogens is 264 g/mol. The molecular formula is C16H18N4O. The lowest BCUT2D eigenvalue weighted by molar-refractivity contribution is 0.101. The second-order valence-electron chi connectivity index (χ2n) is 5.36. The Labute approximate surface area is 123 Å². The average Bonchev–Trinajstić information content (AvgIpc) is 2.50. The molecule has 0 saturated carbocycles. The summed E-state index contributed by atoms with van der Waals surface area (Å²) < 4.78 is 0. The van der Waals surface area contributed by atoms with E-state index < -0.39 is 0 Å². The molecule has 2 aromatic rings. The summed E-state index contributed by atoms with van der Waals surface area (Å²) in [5.74, 6) is -0.0263. The van der Waals surface area contributed by atoms with Gasteiger partial charge in [-0.2, -0.15) is 0 Å². The number of benzene rings is 1. The average molecular weight is 282 g/mol. The number of amides is 1. The maximum absolute atomic E-state index is 12.3. The van der Waals surface area contributed by atoms with Crippen LogP contribution < -0.4 is 10.6 Å². The predicted molar refractivity (Wildman–Crippen MR) is 81.3 cm³/mol. The summed E-state index contributed by atoms with van der Waals surface area (Å²) in [6.07, 6.45) is 2.58. The van der Waals surface area contributed by atoms with E-state index in [2.05, 4.69) is 20.6 Å². The van der Waals surface area contributed by atoms with E-state index in [1.54, 1.807) is 6.20 Å². The standard InChI is InChI=1S/C16H18N4O/c1-10-3-4-11(2)14(7-10)20-16(21)15-18-9-12-8-17-6-5-13(12)19-15/h3-4,7,9,17H,5-6,8H2,1-2H3,(H,20,21). The van der Waals surface area contributed by atoms with Crippen molar-refractivity contribution in [3.8, 4) is 0 Å². The zero-order valence-electron chi connectivity index (χ0n) is 12.2. The van der Waals surface area contributed by atoms with Gasteiger partial charge in [0.05, 0.1) is 5.69 Å². The molecule has 0 unspecified atom stereocenters. The summed E-state index contributed by atoms with van der Waals surface area (Å²) in [5, 5.41) is 6.16. The number of rotatable bonds is 2. The Kier molecular flexibility index (Phi) is 3.66. The second-order valence-corrected chi connectivity index (χ2v) is 5.36. The first-order valence-electron chi connectivity index (χ1n) is 7.07. The lowest BCUT2D eigenvalue weighted by Gasteiger charge is -2.16. The predicted octanol–water partition coefficient (Wildman–Crippen LogP) is 1.99. The second kappa shape index (κ2) is 5.61. The van der Waals surface area contributed by atoms with Crippen molar-refractivity contribution in [1.29, 1.82) is 0 Å². The zero-order chi connectivity index (χ0) is 14.8. The molecule has 1 aliphatic heterocycles. The Balaban J connectivity index is 1.83. The van der Waals surface area contributed by atoms with Crippen molar-refractivity contribution in [1.82, 2.24) is 15.3 Å². The summed E-state index contributed by atoms with van der Waals surface area (Å²) in [4.78, 5) is 20.9. The van der Waals surface area contributed by atoms with Crippen molar-refractivity contribution in [2.24, 2.45) is 0 Å². The minimum atomic E-state index is -0.259. The van der Waals surface area contributed by atoms with Crippen LogP contribution in [0.2, 0.25) is 0 Å². The van der Waals surface area contributed by atoms with Gasteiger partial charge in [0.25, 0.3) is 5.91 Å². The zero-order valence-corrected chi connectivity index (χ0v) is 12.2. The molecule has 0 saturated heterocycles. The molecule has 2 heterocycles. The van der Waals surface area contributed by atoms with Crippen LogP contribution in [0.4, 0.5) is 5.69 Å². The quantitative estimate of drug-likeness (QED) is 0.884. The molecule has 0 fully saturated rings. The highest BCUT2D eigenvalue weighted by molar-refractivity contribution is 6.02. The lowest BCUT2D eigenvalue weighted by Crippen LogP contribution is -2.26. The van der Waals surface area contributed by atoms with Gasteiger partial charge in [-0.1, -0.05) is 12.1 Å². The third-order valence-electron chi connectivity index (χ3n) is 3.65. The molecule has 1 amide bonds. The van der Waals surface area contributed by atoms with Crippen LogP contribution in [-0.4, -0.2) is 22.4 Å². The van der Waals surface area contributed by atoms with Gasteiger partial charge in [0.1, 0.15) is 0 Å². The van der Waals surface area contributed by atoms with Gasteiger partial charge in [-0.3, -0.25) is 4.79 Å². The van der Waals surface area contributed by atoms with Crippen molar-refractivity contribution >= 4 is 11.6 Å². The van der Waals surface area contributed by atoms with Crippen molar-refractivity contribution in [2.75, 3.05) is 11.9 Å². The van der Waals surface area contributed by atoms with Crippen LogP contribution in [-0.2, 0) is 13.0 Å². The highest BCUT2D eigenvalue weighted by atomic mass is 16.2. The SMILES string of the molecule is Cc1ccc(C)c(NC(=O)c2ncc3c(n2)CCNC3)c1. The fraction of sp³-hybridized carbons (Fsp3) is 0.312. The fourth-order valence-electron chi connectivity index (χ4n) is 2.39. The highest BCUT2D eigenvalue weighted by Gasteiger charge is 2.16. The molecule has 108 valence electrons. The first-order chi connectivity index (χ1) is 10.1. The number of aromatic nitrogens is 2. The Bertz CT molecular complexity index is 697. The lowest BCUT2D eigenvalue weighted by atomic mass is 10.1. The van der Waals surface area contributed by atoms with Gasteiger partial charge < -0.3 is 10.6 Å². The smallest absolute Gasteiger partial charge is 0.293 e. The van der Waals surface area contributed by atoms with Crippen LogP contribution in [0, 0.1) is 13.8 Å². The van der Waals surface area contributed by atoms with E-state index in [1.807, 2.05) is 32.0 Å². The largest absolute Gasteiger partial charge is 0.319 e. The minimum absolute atomic E-state index is 0.233. The van der Waals surface area contributed by atoms with Crippen molar-refractivity contribution < 1.29 is 4.79 Å². The van der Waals surface area contributed by atoms with Crippen molar-refractivity contribution in [2.45, 2.75) is 26.8 Å². The molecule has 0 radical (unpaired) electrons. The van der Waals surface area contributed by atoms with Crippen molar-refractivity contribution in [3.63, 3.8) is 0 Å². The van der Waals surface area contributed by atoms with Gasteiger partial charge in [-0.15, -0.1) is 0 Å². The van der Waals surface area contributed by atoms with E-state index in [0.29, 0.717) is 0 Å². The van der Waals surface area contributed by atoms with Gasteiger partial charge in [-0.25, -0.2) is 9.97 Å². The van der Waals surface area contributed by atoms with Gasteiger partial charge in [-0.05, 0) is 31.0 Å². The van der Waals surface area contributed by atoms with Gasteiger partial charge >= 0.3 is 0 Å². The van der Waals surface area contributed by atoms with Crippen LogP contribution in [0.15, 0.2) is 24.4 Å². The molecule has 1 aliphatic rings. The molecule has 1 aromatic carbocycles. The van der Waals surface area contributed by atoms with Crippen LogP contribution >= 0.6 is 0 Å². The monoisotopic (exact) mass is 282 g/mol. The molecule has 0 spiro atoms. The first kappa shape index (κ1) is 13.7. The Hall–Kier alpha value is -2.27. The Morgan fingerprint density at radius 3 is 3.05 bits per heavy atom. The number of nitrogens with zero attached hydrogens (tertiary/aromatic N) is 2. The molecule has 5 nitrogen and oxygen atoms in total. The van der Waals surface area contributed by atoms with E-state index in [-0.39, 0.29) is 11.7 Å². The molecule has 0 atom stereocenters. The van der Waals surface area contributed by atoms with Gasteiger partial charge in [0.15, 0.2) is 0 Å². The van der Waals surface area contributed by atoms with Crippen LogP contribution in [0.5, 0.6) is 0 Å². The summed E-state index contributed by atoms with van der Waals surface area (Å²) in [6.45, 7) is 5.63. The molecule has 2 N–H and O–H groups in total.